The zero-order chi connectivity index (χ0) is 15.6. The number of carbonyl (C=O) groups is 2. The second-order valence-corrected chi connectivity index (χ2v) is 5.87. The molecular weight excluding hydrogens is 266 g/mol. The van der Waals surface area contributed by atoms with E-state index in [1.807, 2.05) is 24.0 Å². The molecule has 0 atom stereocenters. The van der Waals surface area contributed by atoms with Crippen molar-refractivity contribution in [2.75, 3.05) is 32.9 Å². The summed E-state index contributed by atoms with van der Waals surface area (Å²) in [6.07, 6.45) is 1.45. The average molecular weight is 289 g/mol. The summed E-state index contributed by atoms with van der Waals surface area (Å²) in [6.45, 7) is 3.16. The molecule has 1 saturated heterocycles. The van der Waals surface area contributed by atoms with Gasteiger partial charge in [0.05, 0.1) is 0 Å². The fourth-order valence-electron chi connectivity index (χ4n) is 2.65. The van der Waals surface area contributed by atoms with Crippen LogP contribution in [0.3, 0.4) is 0 Å². The molecule has 0 aromatic heterocycles. The highest BCUT2D eigenvalue weighted by molar-refractivity contribution is 5.95. The molecule has 0 unspecified atom stereocenters. The first-order valence-electron chi connectivity index (χ1n) is 7.26. The molecule has 21 heavy (non-hydrogen) atoms. The van der Waals surface area contributed by atoms with E-state index in [2.05, 4.69) is 0 Å². The van der Waals surface area contributed by atoms with E-state index in [4.69, 9.17) is 5.73 Å². The Morgan fingerprint density at radius 2 is 1.86 bits per heavy atom. The SMILES string of the molecule is Cc1ccc(C(=O)N2CCC(C(=O)N(C)C)CC2)cc1N. The molecule has 1 aliphatic heterocycles. The number of hydrogen-bond donors (Lipinski definition) is 1. The maximum absolute atomic E-state index is 12.4. The number of amides is 2. The number of likely N-dealkylation sites (tertiary alicyclic amines) is 1. The van der Waals surface area contributed by atoms with E-state index in [0.29, 0.717) is 24.3 Å². The minimum atomic E-state index is -0.00236. The van der Waals surface area contributed by atoms with Gasteiger partial charge in [-0.25, -0.2) is 0 Å². The Balaban J connectivity index is 2.00. The second-order valence-electron chi connectivity index (χ2n) is 5.87. The summed E-state index contributed by atoms with van der Waals surface area (Å²) in [5.41, 5.74) is 8.09. The molecule has 114 valence electrons. The quantitative estimate of drug-likeness (QED) is 0.839. The van der Waals surface area contributed by atoms with Crippen molar-refractivity contribution in [3.05, 3.63) is 29.3 Å². The van der Waals surface area contributed by atoms with E-state index >= 15 is 0 Å². The van der Waals surface area contributed by atoms with Crippen LogP contribution in [0.1, 0.15) is 28.8 Å². The summed E-state index contributed by atoms with van der Waals surface area (Å²) in [6, 6.07) is 5.41. The Hall–Kier alpha value is -2.04. The first kappa shape index (κ1) is 15.4. The second kappa shape index (κ2) is 6.16. The predicted octanol–water partition coefficient (Wildman–Crippen LogP) is 1.52. The number of aryl methyl sites for hydroxylation is 1. The van der Waals surface area contributed by atoms with E-state index in [1.165, 1.54) is 0 Å². The number of nitrogen functional groups attached to an aromatic ring is 1. The number of nitrogens with zero attached hydrogens (tertiary/aromatic N) is 2. The summed E-state index contributed by atoms with van der Waals surface area (Å²) in [7, 11) is 3.55. The van der Waals surface area contributed by atoms with Gasteiger partial charge in [-0.1, -0.05) is 6.07 Å². The molecule has 1 aromatic rings. The fourth-order valence-corrected chi connectivity index (χ4v) is 2.65. The maximum atomic E-state index is 12.4. The van der Waals surface area contributed by atoms with E-state index in [9.17, 15) is 9.59 Å². The van der Waals surface area contributed by atoms with Crippen LogP contribution in [0.25, 0.3) is 0 Å². The highest BCUT2D eigenvalue weighted by Crippen LogP contribution is 2.21. The largest absolute Gasteiger partial charge is 0.398 e. The van der Waals surface area contributed by atoms with Gasteiger partial charge in [0, 0.05) is 44.4 Å². The molecule has 1 fully saturated rings. The van der Waals surface area contributed by atoms with E-state index < -0.39 is 0 Å². The molecule has 5 heteroatoms. The third-order valence-corrected chi connectivity index (χ3v) is 4.10. The normalized spacial score (nSPS) is 15.9. The number of hydrogen-bond acceptors (Lipinski definition) is 3. The third kappa shape index (κ3) is 3.35. The monoisotopic (exact) mass is 289 g/mol. The van der Waals surface area contributed by atoms with Gasteiger partial charge in [-0.3, -0.25) is 9.59 Å². The zero-order valence-electron chi connectivity index (χ0n) is 12.9. The smallest absolute Gasteiger partial charge is 0.253 e. The van der Waals surface area contributed by atoms with Crippen molar-refractivity contribution in [2.24, 2.45) is 5.92 Å². The lowest BCUT2D eigenvalue weighted by Gasteiger charge is -2.32. The molecule has 2 N–H and O–H groups in total. The van der Waals surface area contributed by atoms with Crippen LogP contribution < -0.4 is 5.73 Å². The zero-order valence-corrected chi connectivity index (χ0v) is 12.9. The lowest BCUT2D eigenvalue weighted by atomic mass is 9.95. The predicted molar refractivity (Wildman–Crippen MR) is 82.9 cm³/mol. The van der Waals surface area contributed by atoms with Gasteiger partial charge < -0.3 is 15.5 Å². The molecule has 1 aromatic carbocycles. The number of anilines is 1. The first-order chi connectivity index (χ1) is 9.90. The van der Waals surface area contributed by atoms with Crippen LogP contribution in [0, 0.1) is 12.8 Å². The molecule has 0 bridgehead atoms. The minimum absolute atomic E-state index is 0.00236. The van der Waals surface area contributed by atoms with Gasteiger partial charge in [-0.2, -0.15) is 0 Å². The number of carbonyl (C=O) groups excluding carboxylic acids is 2. The topological polar surface area (TPSA) is 66.6 Å². The fraction of sp³-hybridized carbons (Fsp3) is 0.500. The highest BCUT2D eigenvalue weighted by Gasteiger charge is 2.28. The Labute approximate surface area is 125 Å². The van der Waals surface area contributed by atoms with Gasteiger partial charge in [0.15, 0.2) is 0 Å². The molecule has 0 spiro atoms. The Morgan fingerprint density at radius 1 is 1.24 bits per heavy atom. The summed E-state index contributed by atoms with van der Waals surface area (Å²) in [5, 5.41) is 0. The average Bonchev–Trinajstić information content (AvgIpc) is 2.48. The van der Waals surface area contributed by atoms with Gasteiger partial charge in [0.2, 0.25) is 5.91 Å². The van der Waals surface area contributed by atoms with Crippen molar-refractivity contribution < 1.29 is 9.59 Å². The molecule has 0 saturated carbocycles. The molecule has 5 nitrogen and oxygen atoms in total. The number of benzene rings is 1. The summed E-state index contributed by atoms with van der Waals surface area (Å²) in [5.74, 6) is 0.186. The van der Waals surface area contributed by atoms with E-state index in [0.717, 1.165) is 18.4 Å². The third-order valence-electron chi connectivity index (χ3n) is 4.10. The van der Waals surface area contributed by atoms with Crippen LogP contribution >= 0.6 is 0 Å². The summed E-state index contributed by atoms with van der Waals surface area (Å²) in [4.78, 5) is 27.8. The maximum Gasteiger partial charge on any atom is 0.253 e. The summed E-state index contributed by atoms with van der Waals surface area (Å²) < 4.78 is 0. The van der Waals surface area contributed by atoms with Crippen LogP contribution in [0.4, 0.5) is 5.69 Å². The molecule has 1 aliphatic rings. The van der Waals surface area contributed by atoms with Crippen LogP contribution in [-0.2, 0) is 4.79 Å². The van der Waals surface area contributed by atoms with Crippen molar-refractivity contribution in [1.82, 2.24) is 9.80 Å². The van der Waals surface area contributed by atoms with Gasteiger partial charge in [0.25, 0.3) is 5.91 Å². The van der Waals surface area contributed by atoms with Crippen molar-refractivity contribution in [2.45, 2.75) is 19.8 Å². The van der Waals surface area contributed by atoms with Crippen molar-refractivity contribution >= 4 is 17.5 Å². The van der Waals surface area contributed by atoms with Crippen LogP contribution in [0.2, 0.25) is 0 Å². The first-order valence-corrected chi connectivity index (χ1v) is 7.26. The molecule has 2 amide bonds. The highest BCUT2D eigenvalue weighted by atomic mass is 16.2. The van der Waals surface area contributed by atoms with Gasteiger partial charge in [-0.05, 0) is 37.5 Å². The van der Waals surface area contributed by atoms with Crippen molar-refractivity contribution in [1.29, 1.82) is 0 Å². The van der Waals surface area contributed by atoms with Gasteiger partial charge >= 0.3 is 0 Å². The Morgan fingerprint density at radius 3 is 2.38 bits per heavy atom. The molecule has 0 radical (unpaired) electrons. The number of nitrogens with two attached hydrogens (primary N) is 1. The van der Waals surface area contributed by atoms with Crippen molar-refractivity contribution in [3.63, 3.8) is 0 Å². The molecule has 0 aliphatic carbocycles. The molecular formula is C16H23N3O2. The minimum Gasteiger partial charge on any atom is -0.398 e. The van der Waals surface area contributed by atoms with Gasteiger partial charge in [-0.15, -0.1) is 0 Å². The molecule has 1 heterocycles. The van der Waals surface area contributed by atoms with Crippen LogP contribution in [-0.4, -0.2) is 48.8 Å². The van der Waals surface area contributed by atoms with E-state index in [-0.39, 0.29) is 17.7 Å². The van der Waals surface area contributed by atoms with E-state index in [1.54, 1.807) is 25.1 Å². The Kier molecular flexibility index (Phi) is 4.50. The number of piperidine rings is 1. The van der Waals surface area contributed by atoms with Gasteiger partial charge in [0.1, 0.15) is 0 Å². The van der Waals surface area contributed by atoms with Crippen LogP contribution in [0.5, 0.6) is 0 Å². The van der Waals surface area contributed by atoms with Crippen LogP contribution in [0.15, 0.2) is 18.2 Å². The molecule has 2 rings (SSSR count). The van der Waals surface area contributed by atoms with Crippen molar-refractivity contribution in [3.8, 4) is 0 Å². The lowest BCUT2D eigenvalue weighted by molar-refractivity contribution is -0.134. The Bertz CT molecular complexity index is 546. The lowest BCUT2D eigenvalue weighted by Crippen LogP contribution is -2.42. The standard InChI is InChI=1S/C16H23N3O2/c1-11-4-5-13(10-14(11)17)16(21)19-8-6-12(7-9-19)15(20)18(2)3/h4-5,10,12H,6-9,17H2,1-3H3. The number of rotatable bonds is 2. The summed E-state index contributed by atoms with van der Waals surface area (Å²) >= 11 is 0.